The zero-order chi connectivity index (χ0) is 35.2. The van der Waals surface area contributed by atoms with Gasteiger partial charge in [-0.25, -0.2) is 4.79 Å². The maximum absolute atomic E-state index is 14.2. The number of rotatable bonds is 12. The Hall–Kier alpha value is -5.25. The number of oxime groups is 1. The van der Waals surface area contributed by atoms with Crippen molar-refractivity contribution in [2.75, 3.05) is 11.5 Å². The van der Waals surface area contributed by atoms with Crippen LogP contribution < -0.4 is 11.1 Å². The van der Waals surface area contributed by atoms with Gasteiger partial charge in [0.15, 0.2) is 23.2 Å². The number of fused-ring (bicyclic) bond motifs is 1. The van der Waals surface area contributed by atoms with Crippen molar-refractivity contribution < 1.29 is 24.0 Å². The summed E-state index contributed by atoms with van der Waals surface area (Å²) in [4.78, 5) is 56.8. The van der Waals surface area contributed by atoms with Gasteiger partial charge < -0.3 is 20.6 Å². The summed E-state index contributed by atoms with van der Waals surface area (Å²) in [5, 5.41) is 8.30. The molecule has 15 heteroatoms. The monoisotopic (exact) mass is 737 g/mol. The van der Waals surface area contributed by atoms with E-state index in [-0.39, 0.29) is 5.70 Å². The van der Waals surface area contributed by atoms with Crippen molar-refractivity contribution in [1.29, 1.82) is 0 Å². The van der Waals surface area contributed by atoms with Crippen LogP contribution in [-0.2, 0) is 24.0 Å². The number of amides is 2. The first kappa shape index (κ1) is 34.2. The fourth-order valence-corrected chi connectivity index (χ4v) is 8.61. The third kappa shape index (κ3) is 7.75. The lowest BCUT2D eigenvalue weighted by Gasteiger charge is -2.49. The Morgan fingerprint density at radius 2 is 1.84 bits per heavy atom. The van der Waals surface area contributed by atoms with Crippen LogP contribution in [0.5, 0.6) is 0 Å². The minimum Gasteiger partial charge on any atom is -0.448 e. The van der Waals surface area contributed by atoms with Gasteiger partial charge in [-0.15, -0.1) is 11.8 Å². The van der Waals surface area contributed by atoms with Gasteiger partial charge in [0.1, 0.15) is 23.3 Å². The van der Waals surface area contributed by atoms with Crippen molar-refractivity contribution in [3.63, 3.8) is 0 Å². The molecular weight excluding hydrogens is 707 g/mol. The molecule has 2 aliphatic heterocycles. The second kappa shape index (κ2) is 15.7. The molecule has 3 N–H and O–H groups in total. The van der Waals surface area contributed by atoms with Crippen LogP contribution in [0.3, 0.4) is 0 Å². The first-order valence-electron chi connectivity index (χ1n) is 16.0. The predicted molar refractivity (Wildman–Crippen MR) is 199 cm³/mol. The Balaban J connectivity index is 1.07. The zero-order valence-electron chi connectivity index (χ0n) is 26.9. The number of esters is 1. The molecule has 3 aliphatic rings. The van der Waals surface area contributed by atoms with E-state index < -0.39 is 41.4 Å². The van der Waals surface area contributed by atoms with E-state index in [0.29, 0.717) is 28.0 Å². The molecule has 1 aliphatic carbocycles. The van der Waals surface area contributed by atoms with Crippen LogP contribution in [0.4, 0.5) is 5.13 Å². The number of pyridine rings is 1. The average molecular weight is 738 g/mol. The summed E-state index contributed by atoms with van der Waals surface area (Å²) in [6, 6.07) is 21.8. The molecule has 2 amide bonds. The number of aromatic nitrogens is 3. The molecule has 258 valence electrons. The van der Waals surface area contributed by atoms with E-state index in [1.807, 2.05) is 90.4 Å². The van der Waals surface area contributed by atoms with Crippen LogP contribution in [0.2, 0.25) is 0 Å². The Kier molecular flexibility index (Phi) is 10.6. The van der Waals surface area contributed by atoms with Gasteiger partial charge in [0.05, 0.1) is 0 Å². The highest BCUT2D eigenvalue weighted by Crippen LogP contribution is 2.45. The Morgan fingerprint density at radius 1 is 1.08 bits per heavy atom. The minimum atomic E-state index is -0.877. The minimum absolute atomic E-state index is 0.154. The van der Waals surface area contributed by atoms with Gasteiger partial charge in [-0.3, -0.25) is 19.5 Å². The van der Waals surface area contributed by atoms with Crippen LogP contribution >= 0.6 is 35.1 Å². The number of nitrogens with zero attached hydrogens (tertiary/aromatic N) is 5. The van der Waals surface area contributed by atoms with Crippen LogP contribution in [0, 0.1) is 0 Å². The molecule has 1 saturated heterocycles. The van der Waals surface area contributed by atoms with Crippen molar-refractivity contribution in [1.82, 2.24) is 24.6 Å². The topological polar surface area (TPSA) is 162 Å². The van der Waals surface area contributed by atoms with Gasteiger partial charge in [0, 0.05) is 40.2 Å². The summed E-state index contributed by atoms with van der Waals surface area (Å²) in [5.74, 6) is -0.771. The predicted octanol–water partition coefficient (Wildman–Crippen LogP) is 5.41. The molecule has 1 fully saturated rings. The maximum atomic E-state index is 14.2. The number of carbonyl (C=O) groups excluding carboxylic acids is 3. The second-order valence-electron chi connectivity index (χ2n) is 11.5. The molecule has 4 aromatic rings. The van der Waals surface area contributed by atoms with E-state index >= 15 is 0 Å². The standard InChI is InChI=1S/C36H31N7O5S3/c37-36-41-32(42-51-36)25-14-7-15-26(25)48-39-20-28(44)40-29-33(45)43-30(27(21-50-34(29)43)49-18-16-22-9-8-17-38-19-22)35(46)47-31(23-10-3-1-4-11-23)24-12-5-2-6-13-24/h1-6,8-14,16-20,26,29,31,34H,7,15,21H2,(H,40,44)(H2,37,41,42)/b18-16-,39-20+. The molecule has 2 aromatic heterocycles. The summed E-state index contributed by atoms with van der Waals surface area (Å²) in [6.07, 6.45) is 8.55. The number of ether oxygens (including phenoxy) is 1. The molecular formula is C36H31N7O5S3. The number of nitrogens with two attached hydrogens (primary N) is 1. The van der Waals surface area contributed by atoms with E-state index in [1.165, 1.54) is 28.4 Å². The fraction of sp³-hybridized carbons (Fsp3) is 0.194. The number of hydrogen-bond acceptors (Lipinski definition) is 13. The summed E-state index contributed by atoms with van der Waals surface area (Å²) < 4.78 is 10.5. The molecule has 0 saturated carbocycles. The van der Waals surface area contributed by atoms with Gasteiger partial charge in [0.25, 0.3) is 11.8 Å². The third-order valence-electron chi connectivity index (χ3n) is 8.21. The fourth-order valence-electron chi connectivity index (χ4n) is 5.80. The molecule has 3 unspecified atom stereocenters. The number of nitrogens with one attached hydrogen (secondary N) is 1. The number of carbonyl (C=O) groups is 3. The smallest absolute Gasteiger partial charge is 0.356 e. The first-order chi connectivity index (χ1) is 25.0. The number of allylic oxidation sites excluding steroid dienone is 1. The molecule has 3 atom stereocenters. The van der Waals surface area contributed by atoms with Gasteiger partial charge in [0.2, 0.25) is 0 Å². The zero-order valence-corrected chi connectivity index (χ0v) is 29.4. The maximum Gasteiger partial charge on any atom is 0.356 e. The molecule has 51 heavy (non-hydrogen) atoms. The highest BCUT2D eigenvalue weighted by Gasteiger charge is 2.54. The van der Waals surface area contributed by atoms with Gasteiger partial charge in [-0.2, -0.15) is 9.36 Å². The van der Waals surface area contributed by atoms with Crippen molar-refractivity contribution in [3.8, 4) is 0 Å². The normalized spacial score (nSPS) is 20.0. The summed E-state index contributed by atoms with van der Waals surface area (Å²) in [5.41, 5.74) is 9.12. The second-order valence-corrected chi connectivity index (χ2v) is 14.4. The summed E-state index contributed by atoms with van der Waals surface area (Å²) in [7, 11) is 0. The molecule has 2 aromatic carbocycles. The third-order valence-corrected chi connectivity index (χ3v) is 11.1. The van der Waals surface area contributed by atoms with E-state index in [2.05, 4.69) is 24.8 Å². The molecule has 0 bridgehead atoms. The lowest BCUT2D eigenvalue weighted by molar-refractivity contribution is -0.154. The molecule has 7 rings (SSSR count). The Bertz CT molecular complexity index is 1980. The largest absolute Gasteiger partial charge is 0.448 e. The molecule has 4 heterocycles. The van der Waals surface area contributed by atoms with E-state index in [9.17, 15) is 14.4 Å². The van der Waals surface area contributed by atoms with E-state index in [0.717, 1.165) is 46.4 Å². The Labute approximate surface area is 306 Å². The summed E-state index contributed by atoms with van der Waals surface area (Å²) >= 11 is 3.88. The number of benzene rings is 2. The van der Waals surface area contributed by atoms with Crippen molar-refractivity contribution >= 4 is 75.8 Å². The van der Waals surface area contributed by atoms with Gasteiger partial charge in [-0.05, 0) is 47.1 Å². The molecule has 12 nitrogen and oxygen atoms in total. The lowest BCUT2D eigenvalue weighted by Crippen LogP contribution is -2.70. The number of β-lactam (4-membered cyclic amide) rings is 1. The number of nitrogen functional groups attached to an aromatic ring is 1. The van der Waals surface area contributed by atoms with Gasteiger partial charge >= 0.3 is 5.97 Å². The first-order valence-corrected chi connectivity index (χ1v) is 18.7. The number of hydrogen-bond donors (Lipinski definition) is 2. The molecule has 0 spiro atoms. The molecule has 0 radical (unpaired) electrons. The van der Waals surface area contributed by atoms with E-state index in [1.54, 1.807) is 12.4 Å². The lowest BCUT2D eigenvalue weighted by atomic mass is 10.0. The van der Waals surface area contributed by atoms with Crippen molar-refractivity contribution in [3.05, 3.63) is 130 Å². The van der Waals surface area contributed by atoms with Crippen LogP contribution in [0.15, 0.2) is 112 Å². The number of thioether (sulfide) groups is 2. The average Bonchev–Trinajstić information content (AvgIpc) is 3.82. The van der Waals surface area contributed by atoms with Crippen LogP contribution in [0.1, 0.15) is 41.5 Å². The van der Waals surface area contributed by atoms with Crippen LogP contribution in [-0.4, -0.2) is 66.5 Å². The van der Waals surface area contributed by atoms with E-state index in [4.69, 9.17) is 15.3 Å². The van der Waals surface area contributed by atoms with Gasteiger partial charge in [-0.1, -0.05) is 89.7 Å². The number of anilines is 1. The van der Waals surface area contributed by atoms with Crippen molar-refractivity contribution in [2.24, 2.45) is 5.16 Å². The Morgan fingerprint density at radius 3 is 2.53 bits per heavy atom. The van der Waals surface area contributed by atoms with Crippen molar-refractivity contribution in [2.45, 2.75) is 36.5 Å². The van der Waals surface area contributed by atoms with Crippen LogP contribution in [0.25, 0.3) is 11.6 Å². The highest BCUT2D eigenvalue weighted by atomic mass is 32.2. The SMILES string of the molecule is Nc1nc(C2=CCCC2O/N=C/C(=O)NC2C(=O)N3C(C(=O)OC(c4ccccc4)c4ccccc4)=C(S/C=C\c4cccnc4)CSC23)ns1. The quantitative estimate of drug-likeness (QED) is 0.0828. The highest BCUT2D eigenvalue weighted by molar-refractivity contribution is 8.08. The summed E-state index contributed by atoms with van der Waals surface area (Å²) in [6.45, 7) is 0.